The molecule has 0 saturated carbocycles. The summed E-state index contributed by atoms with van der Waals surface area (Å²) >= 11 is 1.79. The number of benzene rings is 1. The number of hydrogen-bond donors (Lipinski definition) is 1. The number of aliphatic hydroxyl groups is 1. The van der Waals surface area contributed by atoms with Crippen molar-refractivity contribution in [3.63, 3.8) is 0 Å². The van der Waals surface area contributed by atoms with Crippen LogP contribution < -0.4 is 0 Å². The van der Waals surface area contributed by atoms with Crippen LogP contribution in [0.25, 0.3) is 0 Å². The molecule has 3 nitrogen and oxygen atoms in total. The summed E-state index contributed by atoms with van der Waals surface area (Å²) < 4.78 is 0. The summed E-state index contributed by atoms with van der Waals surface area (Å²) in [7, 11) is 0. The molecule has 20 heavy (non-hydrogen) atoms. The minimum atomic E-state index is -0.702. The van der Waals surface area contributed by atoms with Crippen LogP contribution in [0, 0.1) is 0 Å². The summed E-state index contributed by atoms with van der Waals surface area (Å²) in [4.78, 5) is 15.2. The molecule has 1 unspecified atom stereocenters. The Hall–Kier alpha value is -1.00. The SMILES string of the molecule is CC1(O)CCCN(C(=O)CCCSc2ccccc2)C1. The van der Waals surface area contributed by atoms with Crippen molar-refractivity contribution in [2.45, 2.75) is 43.1 Å². The Morgan fingerprint density at radius 1 is 1.40 bits per heavy atom. The fraction of sp³-hybridized carbons (Fsp3) is 0.562. The minimum Gasteiger partial charge on any atom is -0.388 e. The molecule has 1 amide bonds. The normalized spacial score (nSPS) is 22.8. The van der Waals surface area contributed by atoms with Crippen LogP contribution in [0.3, 0.4) is 0 Å². The summed E-state index contributed by atoms with van der Waals surface area (Å²) in [5.74, 6) is 1.14. The Morgan fingerprint density at radius 3 is 2.85 bits per heavy atom. The first-order chi connectivity index (χ1) is 9.57. The zero-order valence-corrected chi connectivity index (χ0v) is 12.9. The smallest absolute Gasteiger partial charge is 0.222 e. The molecule has 0 aromatic heterocycles. The molecule has 1 aliphatic heterocycles. The van der Waals surface area contributed by atoms with Gasteiger partial charge in [0.1, 0.15) is 0 Å². The number of β-amino-alcohol motifs (C(OH)–C–C–N with tert-alkyl or cyclic N) is 1. The average molecular weight is 293 g/mol. The number of thioether (sulfide) groups is 1. The summed E-state index contributed by atoms with van der Waals surface area (Å²) in [5.41, 5.74) is -0.702. The molecule has 0 bridgehead atoms. The van der Waals surface area contributed by atoms with Crippen molar-refractivity contribution in [2.75, 3.05) is 18.8 Å². The van der Waals surface area contributed by atoms with E-state index >= 15 is 0 Å². The number of rotatable bonds is 5. The monoisotopic (exact) mass is 293 g/mol. The van der Waals surface area contributed by atoms with Gasteiger partial charge in [0.05, 0.1) is 5.60 Å². The number of hydrogen-bond acceptors (Lipinski definition) is 3. The van der Waals surface area contributed by atoms with E-state index in [1.807, 2.05) is 30.0 Å². The largest absolute Gasteiger partial charge is 0.388 e. The molecule has 110 valence electrons. The van der Waals surface area contributed by atoms with Crippen molar-refractivity contribution in [3.8, 4) is 0 Å². The Bertz CT molecular complexity index is 433. The molecule has 4 heteroatoms. The third-order valence-electron chi connectivity index (χ3n) is 3.57. The van der Waals surface area contributed by atoms with Crippen LogP contribution in [0.4, 0.5) is 0 Å². The van der Waals surface area contributed by atoms with E-state index in [9.17, 15) is 9.90 Å². The number of likely N-dealkylation sites (tertiary alicyclic amines) is 1. The molecule has 2 rings (SSSR count). The molecule has 0 aliphatic carbocycles. The number of amides is 1. The van der Waals surface area contributed by atoms with Crippen molar-refractivity contribution in [3.05, 3.63) is 30.3 Å². The highest BCUT2D eigenvalue weighted by molar-refractivity contribution is 7.99. The molecule has 1 atom stereocenters. The van der Waals surface area contributed by atoms with E-state index in [2.05, 4.69) is 12.1 Å². The molecule has 1 saturated heterocycles. The Balaban J connectivity index is 1.67. The molecule has 1 aromatic rings. The lowest BCUT2D eigenvalue weighted by Crippen LogP contribution is -2.48. The number of carbonyl (C=O) groups excluding carboxylic acids is 1. The highest BCUT2D eigenvalue weighted by Gasteiger charge is 2.30. The molecular formula is C16H23NO2S. The van der Waals surface area contributed by atoms with Gasteiger partial charge >= 0.3 is 0 Å². The first-order valence-corrected chi connectivity index (χ1v) is 8.23. The maximum atomic E-state index is 12.1. The molecule has 0 radical (unpaired) electrons. The van der Waals surface area contributed by atoms with Gasteiger partial charge in [0.2, 0.25) is 5.91 Å². The lowest BCUT2D eigenvalue weighted by molar-refractivity contribution is -0.137. The van der Waals surface area contributed by atoms with E-state index < -0.39 is 5.60 Å². The molecule has 1 heterocycles. The minimum absolute atomic E-state index is 0.179. The highest BCUT2D eigenvalue weighted by atomic mass is 32.2. The van der Waals surface area contributed by atoms with E-state index in [4.69, 9.17) is 0 Å². The van der Waals surface area contributed by atoms with Crippen LogP contribution in [0.1, 0.15) is 32.6 Å². The van der Waals surface area contributed by atoms with Gasteiger partial charge in [-0.3, -0.25) is 4.79 Å². The van der Waals surface area contributed by atoms with Gasteiger partial charge in [-0.05, 0) is 44.1 Å². The standard InChI is InChI=1S/C16H23NO2S/c1-16(19)10-6-11-17(13-16)15(18)9-5-12-20-14-7-3-2-4-8-14/h2-4,7-8,19H,5-6,9-13H2,1H3. The lowest BCUT2D eigenvalue weighted by atomic mass is 9.95. The van der Waals surface area contributed by atoms with Gasteiger partial charge in [-0.2, -0.15) is 0 Å². The molecule has 1 fully saturated rings. The third kappa shape index (κ3) is 4.84. The number of piperidine rings is 1. The van der Waals surface area contributed by atoms with Crippen molar-refractivity contribution in [1.82, 2.24) is 4.90 Å². The van der Waals surface area contributed by atoms with Crippen molar-refractivity contribution < 1.29 is 9.90 Å². The van der Waals surface area contributed by atoms with Gasteiger partial charge in [0, 0.05) is 24.4 Å². The molecule has 1 aromatic carbocycles. The first-order valence-electron chi connectivity index (χ1n) is 7.25. The number of carbonyl (C=O) groups is 1. The first kappa shape index (κ1) is 15.4. The molecule has 1 N–H and O–H groups in total. The zero-order chi connectivity index (χ0) is 14.4. The van der Waals surface area contributed by atoms with Crippen molar-refractivity contribution in [1.29, 1.82) is 0 Å². The van der Waals surface area contributed by atoms with Crippen LogP contribution in [0.5, 0.6) is 0 Å². The molecule has 0 spiro atoms. The quantitative estimate of drug-likeness (QED) is 0.670. The van der Waals surface area contributed by atoms with E-state index in [0.29, 0.717) is 13.0 Å². The summed E-state index contributed by atoms with van der Waals surface area (Å²) in [5, 5.41) is 10.0. The van der Waals surface area contributed by atoms with E-state index in [-0.39, 0.29) is 5.91 Å². The van der Waals surface area contributed by atoms with Crippen LogP contribution in [0.2, 0.25) is 0 Å². The van der Waals surface area contributed by atoms with Gasteiger partial charge in [0.15, 0.2) is 0 Å². The maximum Gasteiger partial charge on any atom is 0.222 e. The average Bonchev–Trinajstić information content (AvgIpc) is 2.43. The topological polar surface area (TPSA) is 40.5 Å². The Morgan fingerprint density at radius 2 is 2.15 bits per heavy atom. The van der Waals surface area contributed by atoms with Crippen LogP contribution in [0.15, 0.2) is 35.2 Å². The predicted molar refractivity (Wildman–Crippen MR) is 82.8 cm³/mol. The van der Waals surface area contributed by atoms with Crippen molar-refractivity contribution >= 4 is 17.7 Å². The van der Waals surface area contributed by atoms with Crippen LogP contribution in [-0.4, -0.2) is 40.4 Å². The molecule has 1 aliphatic rings. The zero-order valence-electron chi connectivity index (χ0n) is 12.0. The second kappa shape index (κ2) is 7.14. The third-order valence-corrected chi connectivity index (χ3v) is 4.67. The van der Waals surface area contributed by atoms with Crippen LogP contribution in [-0.2, 0) is 4.79 Å². The fourth-order valence-electron chi connectivity index (χ4n) is 2.52. The summed E-state index contributed by atoms with van der Waals surface area (Å²) in [6, 6.07) is 10.3. The van der Waals surface area contributed by atoms with Gasteiger partial charge in [0.25, 0.3) is 0 Å². The van der Waals surface area contributed by atoms with Crippen molar-refractivity contribution in [2.24, 2.45) is 0 Å². The predicted octanol–water partition coefficient (Wildman–Crippen LogP) is 2.93. The van der Waals surface area contributed by atoms with Gasteiger partial charge < -0.3 is 10.0 Å². The Labute approximate surface area is 125 Å². The molecular weight excluding hydrogens is 270 g/mol. The van der Waals surface area contributed by atoms with Gasteiger partial charge in [-0.25, -0.2) is 0 Å². The highest BCUT2D eigenvalue weighted by Crippen LogP contribution is 2.22. The summed E-state index contributed by atoms with van der Waals surface area (Å²) in [6.45, 7) is 3.09. The van der Waals surface area contributed by atoms with E-state index in [0.717, 1.165) is 31.6 Å². The Kier molecular flexibility index (Phi) is 5.49. The van der Waals surface area contributed by atoms with Gasteiger partial charge in [-0.1, -0.05) is 18.2 Å². The fourth-order valence-corrected chi connectivity index (χ4v) is 3.40. The maximum absolute atomic E-state index is 12.1. The second-order valence-corrected chi connectivity index (χ2v) is 6.85. The summed E-state index contributed by atoms with van der Waals surface area (Å²) in [6.07, 6.45) is 3.16. The van der Waals surface area contributed by atoms with Crippen LogP contribution >= 0.6 is 11.8 Å². The van der Waals surface area contributed by atoms with E-state index in [1.165, 1.54) is 4.90 Å². The second-order valence-electron chi connectivity index (χ2n) is 5.68. The van der Waals surface area contributed by atoms with Gasteiger partial charge in [-0.15, -0.1) is 11.8 Å². The van der Waals surface area contributed by atoms with E-state index in [1.54, 1.807) is 11.8 Å². The number of nitrogens with zero attached hydrogens (tertiary/aromatic N) is 1. The lowest BCUT2D eigenvalue weighted by Gasteiger charge is -2.36.